The van der Waals surface area contributed by atoms with Gasteiger partial charge in [0.1, 0.15) is 5.84 Å². The molecule has 1 heterocycles. The maximum atomic E-state index is 5.85. The van der Waals surface area contributed by atoms with Crippen molar-refractivity contribution in [1.29, 1.82) is 0 Å². The lowest BCUT2D eigenvalue weighted by Crippen LogP contribution is -2.42. The van der Waals surface area contributed by atoms with Crippen LogP contribution < -0.4 is 5.73 Å². The molecule has 0 saturated carbocycles. The molecule has 80 valence electrons. The lowest BCUT2D eigenvalue weighted by molar-refractivity contribution is 0.314. The van der Waals surface area contributed by atoms with Crippen LogP contribution in [0.3, 0.4) is 0 Å². The fourth-order valence-corrected chi connectivity index (χ4v) is 1.67. The van der Waals surface area contributed by atoms with E-state index in [1.54, 1.807) is 0 Å². The monoisotopic (exact) mass is 195 g/mol. The molecule has 1 rings (SSSR count). The summed E-state index contributed by atoms with van der Waals surface area (Å²) in [5.74, 6) is 1.10. The lowest BCUT2D eigenvalue weighted by atomic mass is 10.1. The average Bonchev–Trinajstić information content (AvgIpc) is 2.21. The second-order valence-electron chi connectivity index (χ2n) is 3.72. The van der Waals surface area contributed by atoms with Crippen molar-refractivity contribution in [1.82, 2.24) is 4.90 Å². The Morgan fingerprint density at radius 2 is 2.14 bits per heavy atom. The summed E-state index contributed by atoms with van der Waals surface area (Å²) in [7, 11) is 1.85. The van der Waals surface area contributed by atoms with E-state index in [1.165, 1.54) is 0 Å². The Bertz CT molecular complexity index is 213. The van der Waals surface area contributed by atoms with Crippen LogP contribution in [0.4, 0.5) is 0 Å². The van der Waals surface area contributed by atoms with Gasteiger partial charge >= 0.3 is 0 Å². The summed E-state index contributed by atoms with van der Waals surface area (Å²) in [6.07, 6.45) is 7.48. The first-order valence-electron chi connectivity index (χ1n) is 5.41. The van der Waals surface area contributed by atoms with Crippen molar-refractivity contribution in [3.05, 3.63) is 12.2 Å². The number of likely N-dealkylation sites (tertiary alicyclic amines) is 1. The minimum Gasteiger partial charge on any atom is -0.357 e. The van der Waals surface area contributed by atoms with E-state index in [1.807, 2.05) is 7.05 Å². The van der Waals surface area contributed by atoms with Gasteiger partial charge in [0.25, 0.3) is 0 Å². The number of hydrogen-bond donors (Lipinski definition) is 1. The maximum absolute atomic E-state index is 5.85. The van der Waals surface area contributed by atoms with Gasteiger partial charge in [0.05, 0.1) is 0 Å². The normalized spacial score (nSPS) is 20.8. The minimum atomic E-state index is 0.388. The third kappa shape index (κ3) is 3.14. The van der Waals surface area contributed by atoms with E-state index in [-0.39, 0.29) is 0 Å². The van der Waals surface area contributed by atoms with E-state index in [4.69, 9.17) is 5.73 Å². The molecule has 1 aliphatic heterocycles. The van der Waals surface area contributed by atoms with Gasteiger partial charge in [-0.3, -0.25) is 4.99 Å². The Labute approximate surface area is 86.7 Å². The molecule has 0 bridgehead atoms. The van der Waals surface area contributed by atoms with Gasteiger partial charge < -0.3 is 10.6 Å². The first-order chi connectivity index (χ1) is 6.77. The molecule has 0 unspecified atom stereocenters. The number of amidine groups is 1. The van der Waals surface area contributed by atoms with Gasteiger partial charge in [-0.05, 0) is 25.3 Å². The van der Waals surface area contributed by atoms with Crippen LogP contribution in [0.25, 0.3) is 0 Å². The van der Waals surface area contributed by atoms with Gasteiger partial charge in [-0.2, -0.15) is 0 Å². The van der Waals surface area contributed by atoms with E-state index in [0.717, 1.165) is 38.2 Å². The predicted molar refractivity (Wildman–Crippen MR) is 61.6 cm³/mol. The molecule has 1 aliphatic rings. The fraction of sp³-hybridized carbons (Fsp3) is 0.727. The van der Waals surface area contributed by atoms with Crippen molar-refractivity contribution in [2.75, 3.05) is 20.1 Å². The van der Waals surface area contributed by atoms with Crippen LogP contribution in [0.1, 0.15) is 26.2 Å². The SMILES string of the molecule is CCC=CC(=NC)N1CCC(N)CC1. The summed E-state index contributed by atoms with van der Waals surface area (Å²) >= 11 is 0. The van der Waals surface area contributed by atoms with Crippen molar-refractivity contribution in [3.63, 3.8) is 0 Å². The Hall–Kier alpha value is -0.830. The van der Waals surface area contributed by atoms with Crippen molar-refractivity contribution in [2.24, 2.45) is 10.7 Å². The predicted octanol–water partition coefficient (Wildman–Crippen LogP) is 1.40. The first kappa shape index (κ1) is 11.2. The zero-order valence-corrected chi connectivity index (χ0v) is 9.24. The summed E-state index contributed by atoms with van der Waals surface area (Å²) in [5.41, 5.74) is 5.85. The number of piperidine rings is 1. The first-order valence-corrected chi connectivity index (χ1v) is 5.41. The molecule has 3 nitrogen and oxygen atoms in total. The van der Waals surface area contributed by atoms with Gasteiger partial charge in [-0.25, -0.2) is 0 Å². The van der Waals surface area contributed by atoms with E-state index < -0.39 is 0 Å². The second-order valence-corrected chi connectivity index (χ2v) is 3.72. The van der Waals surface area contributed by atoms with Crippen molar-refractivity contribution >= 4 is 5.84 Å². The summed E-state index contributed by atoms with van der Waals surface area (Å²) < 4.78 is 0. The van der Waals surface area contributed by atoms with Gasteiger partial charge in [-0.15, -0.1) is 0 Å². The van der Waals surface area contributed by atoms with Crippen LogP contribution in [0.15, 0.2) is 17.1 Å². The molecule has 0 aromatic heterocycles. The van der Waals surface area contributed by atoms with Crippen LogP contribution >= 0.6 is 0 Å². The Kier molecular flexibility index (Phi) is 4.66. The smallest absolute Gasteiger partial charge is 0.122 e. The number of aliphatic imine (C=N–C) groups is 1. The largest absolute Gasteiger partial charge is 0.357 e. The standard InChI is InChI=1S/C11H21N3/c1-3-4-5-11(13-2)14-8-6-10(12)7-9-14/h4-5,10H,3,6-9,12H2,1-2H3. The highest BCUT2D eigenvalue weighted by atomic mass is 15.2. The molecule has 0 atom stereocenters. The summed E-state index contributed by atoms with van der Waals surface area (Å²) in [6, 6.07) is 0.388. The molecule has 0 aromatic carbocycles. The number of hydrogen-bond acceptors (Lipinski definition) is 2. The molecule has 0 amide bonds. The van der Waals surface area contributed by atoms with E-state index in [0.29, 0.717) is 6.04 Å². The molecule has 1 saturated heterocycles. The highest BCUT2D eigenvalue weighted by Crippen LogP contribution is 2.09. The maximum Gasteiger partial charge on any atom is 0.122 e. The van der Waals surface area contributed by atoms with E-state index >= 15 is 0 Å². The highest BCUT2D eigenvalue weighted by molar-refractivity contribution is 5.92. The summed E-state index contributed by atoms with van der Waals surface area (Å²) in [6.45, 7) is 4.22. The van der Waals surface area contributed by atoms with Gasteiger partial charge in [0.2, 0.25) is 0 Å². The van der Waals surface area contributed by atoms with Crippen LogP contribution in [0.5, 0.6) is 0 Å². The van der Waals surface area contributed by atoms with Crippen LogP contribution in [0.2, 0.25) is 0 Å². The molecule has 3 heteroatoms. The lowest BCUT2D eigenvalue weighted by Gasteiger charge is -2.31. The summed E-state index contributed by atoms with van der Waals surface area (Å²) in [4.78, 5) is 6.60. The molecule has 0 aromatic rings. The molecule has 0 spiro atoms. The second kappa shape index (κ2) is 5.81. The number of allylic oxidation sites excluding steroid dienone is 1. The molecule has 2 N–H and O–H groups in total. The topological polar surface area (TPSA) is 41.6 Å². The van der Waals surface area contributed by atoms with Gasteiger partial charge in [0, 0.05) is 26.2 Å². The molecule has 14 heavy (non-hydrogen) atoms. The highest BCUT2D eigenvalue weighted by Gasteiger charge is 2.16. The Morgan fingerprint density at radius 1 is 1.50 bits per heavy atom. The third-order valence-electron chi connectivity index (χ3n) is 2.60. The van der Waals surface area contributed by atoms with Crippen molar-refractivity contribution in [2.45, 2.75) is 32.2 Å². The Balaban J connectivity index is 2.50. The van der Waals surface area contributed by atoms with E-state index in [2.05, 4.69) is 29.0 Å². The third-order valence-corrected chi connectivity index (χ3v) is 2.60. The minimum absolute atomic E-state index is 0.388. The molecule has 0 radical (unpaired) electrons. The van der Waals surface area contributed by atoms with Crippen LogP contribution in [-0.4, -0.2) is 36.9 Å². The fourth-order valence-electron chi connectivity index (χ4n) is 1.67. The zero-order valence-electron chi connectivity index (χ0n) is 9.24. The number of rotatable bonds is 2. The van der Waals surface area contributed by atoms with Crippen LogP contribution in [-0.2, 0) is 0 Å². The Morgan fingerprint density at radius 3 is 2.64 bits per heavy atom. The van der Waals surface area contributed by atoms with Gasteiger partial charge in [-0.1, -0.05) is 13.0 Å². The molecule has 1 fully saturated rings. The summed E-state index contributed by atoms with van der Waals surface area (Å²) in [5, 5.41) is 0. The van der Waals surface area contributed by atoms with Crippen molar-refractivity contribution < 1.29 is 0 Å². The average molecular weight is 195 g/mol. The molecular weight excluding hydrogens is 174 g/mol. The number of nitrogens with zero attached hydrogens (tertiary/aromatic N) is 2. The molecular formula is C11H21N3. The van der Waals surface area contributed by atoms with Crippen molar-refractivity contribution in [3.8, 4) is 0 Å². The van der Waals surface area contributed by atoms with Gasteiger partial charge in [0.15, 0.2) is 0 Å². The van der Waals surface area contributed by atoms with Crippen LogP contribution in [0, 0.1) is 0 Å². The quantitative estimate of drug-likeness (QED) is 0.534. The number of nitrogens with two attached hydrogens (primary N) is 1. The molecule has 0 aliphatic carbocycles. The zero-order chi connectivity index (χ0) is 10.4. The van der Waals surface area contributed by atoms with E-state index in [9.17, 15) is 0 Å².